The lowest BCUT2D eigenvalue weighted by Gasteiger charge is -2.00. The van der Waals surface area contributed by atoms with Gasteiger partial charge >= 0.3 is 0 Å². The predicted octanol–water partition coefficient (Wildman–Crippen LogP) is 0.193. The summed E-state index contributed by atoms with van der Waals surface area (Å²) < 4.78 is 28.3. The van der Waals surface area contributed by atoms with Gasteiger partial charge in [0.15, 0.2) is 0 Å². The highest BCUT2D eigenvalue weighted by Crippen LogP contribution is 1.97. The molecule has 8 heavy (non-hydrogen) atoms. The molecule has 0 aliphatic carbocycles. The number of thiol groups is 1. The summed E-state index contributed by atoms with van der Waals surface area (Å²) in [5.41, 5.74) is 0. The molecule has 0 aliphatic heterocycles. The minimum atomic E-state index is -3.83. The van der Waals surface area contributed by atoms with Crippen LogP contribution in [0.25, 0.3) is 0 Å². The minimum Gasteiger partial charge on any atom is -0.285 e. The number of rotatable bonds is 2. The second kappa shape index (κ2) is 2.70. The Bertz CT molecular complexity index is 148. The minimum absolute atomic E-state index is 0.152. The van der Waals surface area contributed by atoms with Crippen LogP contribution in [0.3, 0.4) is 0 Å². The predicted molar refractivity (Wildman–Crippen MR) is 34.9 cm³/mol. The molecule has 0 rings (SSSR count). The molecule has 1 unspecified atom stereocenters. The highest BCUT2D eigenvalue weighted by Gasteiger charge is 2.13. The Labute approximate surface area is 54.3 Å². The van der Waals surface area contributed by atoms with Gasteiger partial charge in [-0.2, -0.15) is 21.0 Å². The van der Waals surface area contributed by atoms with Gasteiger partial charge in [0, 0.05) is 5.75 Å². The van der Waals surface area contributed by atoms with Gasteiger partial charge in [-0.25, -0.2) is 0 Å². The lowest BCUT2D eigenvalue weighted by Crippen LogP contribution is -2.17. The third-order valence-corrected chi connectivity index (χ3v) is 2.74. The Balaban J connectivity index is 4.04. The van der Waals surface area contributed by atoms with E-state index < -0.39 is 15.4 Å². The van der Waals surface area contributed by atoms with E-state index in [1.165, 1.54) is 6.92 Å². The molecule has 0 bridgehead atoms. The molecule has 0 heterocycles. The number of hydrogen-bond donors (Lipinski definition) is 2. The van der Waals surface area contributed by atoms with E-state index in [9.17, 15) is 8.42 Å². The van der Waals surface area contributed by atoms with E-state index in [0.717, 1.165) is 0 Å². The topological polar surface area (TPSA) is 54.4 Å². The molecular formula is C3H8O3S2. The highest BCUT2D eigenvalue weighted by molar-refractivity contribution is 7.88. The second-order valence-corrected chi connectivity index (χ2v) is 3.71. The van der Waals surface area contributed by atoms with Crippen LogP contribution >= 0.6 is 12.6 Å². The van der Waals surface area contributed by atoms with Gasteiger partial charge in [-0.05, 0) is 6.92 Å². The summed E-state index contributed by atoms with van der Waals surface area (Å²) in [6.07, 6.45) is 0. The first-order valence-electron chi connectivity index (χ1n) is 2.05. The summed E-state index contributed by atoms with van der Waals surface area (Å²) in [7, 11) is -3.83. The molecule has 0 fully saturated rings. The van der Waals surface area contributed by atoms with Crippen LogP contribution in [0.15, 0.2) is 0 Å². The van der Waals surface area contributed by atoms with Crippen molar-refractivity contribution in [3.63, 3.8) is 0 Å². The SMILES string of the molecule is CC(CS)S(=O)(=O)O. The van der Waals surface area contributed by atoms with Gasteiger partial charge in [0.25, 0.3) is 10.1 Å². The maximum absolute atomic E-state index is 10.1. The van der Waals surface area contributed by atoms with Gasteiger partial charge < -0.3 is 0 Å². The Hall–Kier alpha value is 0.260. The molecule has 1 atom stereocenters. The summed E-state index contributed by atoms with van der Waals surface area (Å²) in [6.45, 7) is 1.39. The van der Waals surface area contributed by atoms with Gasteiger partial charge in [0.1, 0.15) is 0 Å². The summed E-state index contributed by atoms with van der Waals surface area (Å²) in [5, 5.41) is -0.758. The largest absolute Gasteiger partial charge is 0.285 e. The first kappa shape index (κ1) is 8.26. The standard InChI is InChI=1S/C3H8O3S2/c1-3(2-7)8(4,5)6/h3,7H,2H2,1H3,(H,4,5,6). The average molecular weight is 156 g/mol. The van der Waals surface area contributed by atoms with Crippen LogP contribution in [0.5, 0.6) is 0 Å². The monoisotopic (exact) mass is 156 g/mol. The lowest BCUT2D eigenvalue weighted by atomic mass is 10.6. The molecule has 0 saturated heterocycles. The van der Waals surface area contributed by atoms with Crippen molar-refractivity contribution < 1.29 is 13.0 Å². The fourth-order valence-corrected chi connectivity index (χ4v) is 0.848. The van der Waals surface area contributed by atoms with Crippen molar-refractivity contribution in [3.05, 3.63) is 0 Å². The molecule has 3 nitrogen and oxygen atoms in total. The van der Waals surface area contributed by atoms with Crippen LogP contribution < -0.4 is 0 Å². The lowest BCUT2D eigenvalue weighted by molar-refractivity contribution is 0.474. The Morgan fingerprint density at radius 2 is 2.12 bits per heavy atom. The first-order chi connectivity index (χ1) is 3.48. The molecule has 0 spiro atoms. The van der Waals surface area contributed by atoms with E-state index in [1.54, 1.807) is 0 Å². The van der Waals surface area contributed by atoms with Gasteiger partial charge in [-0.15, -0.1) is 0 Å². The molecule has 0 aromatic heterocycles. The van der Waals surface area contributed by atoms with E-state index in [2.05, 4.69) is 12.6 Å². The average Bonchev–Trinajstić information content (AvgIpc) is 1.62. The summed E-state index contributed by atoms with van der Waals surface area (Å²) in [5.74, 6) is 0.152. The van der Waals surface area contributed by atoms with Crippen molar-refractivity contribution in [2.24, 2.45) is 0 Å². The van der Waals surface area contributed by atoms with Crippen molar-refractivity contribution >= 4 is 22.7 Å². The van der Waals surface area contributed by atoms with Crippen LogP contribution in [0.2, 0.25) is 0 Å². The molecular weight excluding hydrogens is 148 g/mol. The van der Waals surface area contributed by atoms with E-state index >= 15 is 0 Å². The molecule has 50 valence electrons. The quantitative estimate of drug-likeness (QED) is 0.443. The molecule has 0 aromatic carbocycles. The van der Waals surface area contributed by atoms with Gasteiger partial charge in [-0.1, -0.05) is 0 Å². The van der Waals surface area contributed by atoms with Crippen LogP contribution in [-0.4, -0.2) is 24.0 Å². The fourth-order valence-electron chi connectivity index (χ4n) is 0.0942. The van der Waals surface area contributed by atoms with Crippen LogP contribution in [-0.2, 0) is 10.1 Å². The van der Waals surface area contributed by atoms with Crippen LogP contribution in [0.4, 0.5) is 0 Å². The second-order valence-electron chi connectivity index (χ2n) is 1.51. The smallest absolute Gasteiger partial charge is 0.268 e. The van der Waals surface area contributed by atoms with E-state index in [4.69, 9.17) is 4.55 Å². The molecule has 0 saturated carbocycles. The van der Waals surface area contributed by atoms with Gasteiger partial charge in [-0.3, -0.25) is 4.55 Å². The number of hydrogen-bond acceptors (Lipinski definition) is 3. The van der Waals surface area contributed by atoms with Crippen LogP contribution in [0, 0.1) is 0 Å². The Morgan fingerprint density at radius 1 is 1.75 bits per heavy atom. The van der Waals surface area contributed by atoms with Crippen molar-refractivity contribution in [1.82, 2.24) is 0 Å². The van der Waals surface area contributed by atoms with E-state index in [0.29, 0.717) is 0 Å². The summed E-state index contributed by atoms with van der Waals surface area (Å²) in [6, 6.07) is 0. The molecule has 0 radical (unpaired) electrons. The van der Waals surface area contributed by atoms with Crippen molar-refractivity contribution in [1.29, 1.82) is 0 Å². The van der Waals surface area contributed by atoms with Crippen molar-refractivity contribution in [3.8, 4) is 0 Å². The van der Waals surface area contributed by atoms with Gasteiger partial charge in [0.2, 0.25) is 0 Å². The van der Waals surface area contributed by atoms with Gasteiger partial charge in [0.05, 0.1) is 5.25 Å². The summed E-state index contributed by atoms with van der Waals surface area (Å²) in [4.78, 5) is 0. The van der Waals surface area contributed by atoms with E-state index in [1.807, 2.05) is 0 Å². The first-order valence-corrected chi connectivity index (χ1v) is 4.19. The molecule has 0 aliphatic rings. The Morgan fingerprint density at radius 3 is 2.12 bits per heavy atom. The van der Waals surface area contributed by atoms with E-state index in [-0.39, 0.29) is 5.75 Å². The maximum Gasteiger partial charge on any atom is 0.268 e. The third kappa shape index (κ3) is 2.54. The Kier molecular flexibility index (Phi) is 2.79. The van der Waals surface area contributed by atoms with Crippen molar-refractivity contribution in [2.75, 3.05) is 5.75 Å². The molecule has 1 N–H and O–H groups in total. The highest BCUT2D eigenvalue weighted by atomic mass is 32.2. The molecule has 0 aromatic rings. The zero-order chi connectivity index (χ0) is 6.78. The normalized spacial score (nSPS) is 15.9. The molecule has 5 heteroatoms. The van der Waals surface area contributed by atoms with Crippen molar-refractivity contribution in [2.45, 2.75) is 12.2 Å². The van der Waals surface area contributed by atoms with Crippen LogP contribution in [0.1, 0.15) is 6.92 Å². The molecule has 0 amide bonds. The fraction of sp³-hybridized carbons (Fsp3) is 1.00. The zero-order valence-electron chi connectivity index (χ0n) is 4.40. The summed E-state index contributed by atoms with van der Waals surface area (Å²) >= 11 is 3.67. The maximum atomic E-state index is 10.1. The zero-order valence-corrected chi connectivity index (χ0v) is 6.11. The third-order valence-electron chi connectivity index (χ3n) is 0.766.